The van der Waals surface area contributed by atoms with Gasteiger partial charge in [-0.15, -0.1) is 11.8 Å². The third-order valence-corrected chi connectivity index (χ3v) is 6.51. The monoisotopic (exact) mass is 387 g/mol. The predicted molar refractivity (Wildman–Crippen MR) is 109 cm³/mol. The number of carbonyl (C=O) groups is 1. The van der Waals surface area contributed by atoms with Crippen molar-refractivity contribution < 1.29 is 9.21 Å². The average molecular weight is 388 g/mol. The van der Waals surface area contributed by atoms with Gasteiger partial charge >= 0.3 is 0 Å². The van der Waals surface area contributed by atoms with Crippen LogP contribution in [0.1, 0.15) is 60.5 Å². The van der Waals surface area contributed by atoms with Crippen molar-refractivity contribution in [2.45, 2.75) is 56.1 Å². The first kappa shape index (κ1) is 20.0. The number of carbonyl (C=O) groups excluding carboxylic acids is 1. The minimum atomic E-state index is -0.205. The number of aryl methyl sites for hydroxylation is 1. The second-order valence-electron chi connectivity index (χ2n) is 7.25. The van der Waals surface area contributed by atoms with Crippen LogP contribution in [0.25, 0.3) is 0 Å². The van der Waals surface area contributed by atoms with Crippen LogP contribution < -0.4 is 5.32 Å². The first-order chi connectivity index (χ1) is 13.0. The molecule has 0 aromatic carbocycles. The third-order valence-electron chi connectivity index (χ3n) is 5.79. The van der Waals surface area contributed by atoms with Crippen LogP contribution in [0.15, 0.2) is 39.9 Å². The Labute approximate surface area is 165 Å². The molecule has 2 aromatic rings. The lowest BCUT2D eigenvalue weighted by molar-refractivity contribution is 0.0229. The number of aromatic nitrogens is 1. The van der Waals surface area contributed by atoms with Crippen molar-refractivity contribution in [2.24, 2.45) is 0 Å². The predicted octanol–water partition coefficient (Wildman–Crippen LogP) is 4.44. The first-order valence-corrected chi connectivity index (χ1v) is 10.8. The number of likely N-dealkylation sites (tertiary alicyclic amines) is 1. The largest absolute Gasteiger partial charge is 0.464 e. The summed E-state index contributed by atoms with van der Waals surface area (Å²) in [4.78, 5) is 19.9. The smallest absolute Gasteiger partial charge is 0.254 e. The highest BCUT2D eigenvalue weighted by Crippen LogP contribution is 2.41. The van der Waals surface area contributed by atoms with Crippen LogP contribution in [-0.2, 0) is 0 Å². The Kier molecular flexibility index (Phi) is 6.27. The molecular formula is C21H29N3O2S. The molecule has 1 saturated heterocycles. The van der Waals surface area contributed by atoms with Crippen molar-refractivity contribution in [1.29, 1.82) is 0 Å². The first-order valence-electron chi connectivity index (χ1n) is 9.59. The lowest BCUT2D eigenvalue weighted by Gasteiger charge is -2.49. The van der Waals surface area contributed by atoms with E-state index in [-0.39, 0.29) is 17.5 Å². The molecule has 27 heavy (non-hydrogen) atoms. The third kappa shape index (κ3) is 3.92. The van der Waals surface area contributed by atoms with Crippen LogP contribution in [0.5, 0.6) is 0 Å². The summed E-state index contributed by atoms with van der Waals surface area (Å²) >= 11 is 1.49. The van der Waals surface area contributed by atoms with Gasteiger partial charge in [0.1, 0.15) is 22.6 Å². The van der Waals surface area contributed by atoms with E-state index in [0.717, 1.165) is 42.4 Å². The lowest BCUT2D eigenvalue weighted by atomic mass is 9.77. The molecule has 1 fully saturated rings. The molecule has 0 bridgehead atoms. The van der Waals surface area contributed by atoms with Crippen LogP contribution in [0.3, 0.4) is 0 Å². The zero-order valence-electron chi connectivity index (χ0n) is 16.6. The van der Waals surface area contributed by atoms with Gasteiger partial charge in [0, 0.05) is 11.7 Å². The van der Waals surface area contributed by atoms with Gasteiger partial charge in [0.15, 0.2) is 0 Å². The van der Waals surface area contributed by atoms with E-state index in [1.807, 2.05) is 37.4 Å². The number of furan rings is 1. The summed E-state index contributed by atoms with van der Waals surface area (Å²) < 4.78 is 6.01. The number of hydrogen-bond acceptors (Lipinski definition) is 5. The molecule has 0 saturated carbocycles. The maximum absolute atomic E-state index is 13.2. The SMILES string of the molecule is CCC1(C(NC(=O)c2cccnc2SC)c2ccc(C)o2)CCCCN1C. The number of rotatable bonds is 6. The van der Waals surface area contributed by atoms with E-state index in [0.29, 0.717) is 5.56 Å². The van der Waals surface area contributed by atoms with E-state index in [9.17, 15) is 4.79 Å². The Morgan fingerprint density at radius 2 is 2.22 bits per heavy atom. The summed E-state index contributed by atoms with van der Waals surface area (Å²) in [5.74, 6) is 1.59. The Morgan fingerprint density at radius 3 is 2.85 bits per heavy atom. The van der Waals surface area contributed by atoms with Crippen molar-refractivity contribution in [3.63, 3.8) is 0 Å². The summed E-state index contributed by atoms with van der Waals surface area (Å²) in [6.07, 6.45) is 7.99. The van der Waals surface area contributed by atoms with Crippen molar-refractivity contribution in [3.05, 3.63) is 47.5 Å². The minimum Gasteiger partial charge on any atom is -0.464 e. The van der Waals surface area contributed by atoms with Crippen LogP contribution in [0.2, 0.25) is 0 Å². The van der Waals surface area contributed by atoms with Gasteiger partial charge in [-0.25, -0.2) is 4.98 Å². The van der Waals surface area contributed by atoms with Gasteiger partial charge in [0.25, 0.3) is 5.91 Å². The number of piperidine rings is 1. The Morgan fingerprint density at radius 1 is 1.41 bits per heavy atom. The van der Waals surface area contributed by atoms with E-state index in [4.69, 9.17) is 4.42 Å². The standard InChI is InChI=1S/C21H29N3O2S/c1-5-21(12-6-7-14-24(21)3)18(17-11-10-15(2)26-17)23-19(25)16-9-8-13-22-20(16)27-4/h8-11,13,18H,5-7,12,14H2,1-4H3,(H,23,25). The van der Waals surface area contributed by atoms with Crippen LogP contribution in [-0.4, -0.2) is 41.2 Å². The van der Waals surface area contributed by atoms with Crippen molar-refractivity contribution in [2.75, 3.05) is 19.8 Å². The fraction of sp³-hybridized carbons (Fsp3) is 0.524. The fourth-order valence-electron chi connectivity index (χ4n) is 4.22. The second-order valence-corrected chi connectivity index (χ2v) is 8.05. The fourth-order valence-corrected chi connectivity index (χ4v) is 4.77. The molecule has 2 aromatic heterocycles. The summed E-state index contributed by atoms with van der Waals surface area (Å²) in [5.41, 5.74) is 0.461. The number of amides is 1. The van der Waals surface area contributed by atoms with Gasteiger partial charge in [-0.1, -0.05) is 13.3 Å². The maximum Gasteiger partial charge on any atom is 0.254 e. The van der Waals surface area contributed by atoms with Crippen LogP contribution in [0, 0.1) is 6.92 Å². The molecule has 0 radical (unpaired) electrons. The van der Waals surface area contributed by atoms with Gasteiger partial charge in [0.2, 0.25) is 0 Å². The van der Waals surface area contributed by atoms with E-state index in [1.54, 1.807) is 6.20 Å². The molecule has 2 atom stereocenters. The van der Waals surface area contributed by atoms with Gasteiger partial charge in [-0.3, -0.25) is 9.69 Å². The molecule has 3 rings (SSSR count). The van der Waals surface area contributed by atoms with Crippen molar-refractivity contribution in [1.82, 2.24) is 15.2 Å². The normalized spacial score (nSPS) is 21.8. The number of pyridine rings is 1. The Hall–Kier alpha value is -1.79. The van der Waals surface area contributed by atoms with Gasteiger partial charge in [-0.2, -0.15) is 0 Å². The molecule has 0 spiro atoms. The second kappa shape index (κ2) is 8.48. The molecule has 6 heteroatoms. The highest BCUT2D eigenvalue weighted by Gasteiger charge is 2.45. The Bertz CT molecular complexity index is 791. The quantitative estimate of drug-likeness (QED) is 0.743. The minimum absolute atomic E-state index is 0.0988. The van der Waals surface area contributed by atoms with E-state index >= 15 is 0 Å². The topological polar surface area (TPSA) is 58.4 Å². The summed E-state index contributed by atoms with van der Waals surface area (Å²) in [7, 11) is 2.16. The zero-order chi connectivity index (χ0) is 19.4. The molecule has 1 aliphatic rings. The van der Waals surface area contributed by atoms with E-state index in [1.165, 1.54) is 18.2 Å². The van der Waals surface area contributed by atoms with Gasteiger partial charge in [0.05, 0.1) is 5.56 Å². The average Bonchev–Trinajstić information content (AvgIpc) is 3.12. The summed E-state index contributed by atoms with van der Waals surface area (Å²) in [6, 6.07) is 7.41. The van der Waals surface area contributed by atoms with Crippen LogP contribution in [0.4, 0.5) is 0 Å². The molecule has 146 valence electrons. The number of hydrogen-bond donors (Lipinski definition) is 1. The van der Waals surface area contributed by atoms with E-state index in [2.05, 4.69) is 29.2 Å². The molecule has 2 unspecified atom stereocenters. The van der Waals surface area contributed by atoms with Crippen molar-refractivity contribution >= 4 is 17.7 Å². The highest BCUT2D eigenvalue weighted by atomic mass is 32.2. The molecule has 0 aliphatic carbocycles. The number of likely N-dealkylation sites (N-methyl/N-ethyl adjacent to an activating group) is 1. The van der Waals surface area contributed by atoms with E-state index < -0.39 is 0 Å². The number of nitrogens with zero attached hydrogens (tertiary/aromatic N) is 2. The molecular weight excluding hydrogens is 358 g/mol. The van der Waals surface area contributed by atoms with Gasteiger partial charge in [-0.05, 0) is 70.3 Å². The maximum atomic E-state index is 13.2. The molecule has 1 aliphatic heterocycles. The van der Waals surface area contributed by atoms with Gasteiger partial charge < -0.3 is 9.73 Å². The zero-order valence-corrected chi connectivity index (χ0v) is 17.4. The molecule has 3 heterocycles. The summed E-state index contributed by atoms with van der Waals surface area (Å²) in [5, 5.41) is 4.04. The molecule has 1 N–H and O–H groups in total. The highest BCUT2D eigenvalue weighted by molar-refractivity contribution is 7.98. The molecule has 5 nitrogen and oxygen atoms in total. The Balaban J connectivity index is 1.99. The van der Waals surface area contributed by atoms with Crippen molar-refractivity contribution in [3.8, 4) is 0 Å². The lowest BCUT2D eigenvalue weighted by Crippen LogP contribution is -2.57. The van der Waals surface area contributed by atoms with Crippen LogP contribution >= 0.6 is 11.8 Å². The molecule has 1 amide bonds. The number of thioether (sulfide) groups is 1. The number of nitrogens with one attached hydrogen (secondary N) is 1. The summed E-state index contributed by atoms with van der Waals surface area (Å²) in [6.45, 7) is 5.18.